The van der Waals surface area contributed by atoms with Crippen LogP contribution in [0.3, 0.4) is 0 Å². The molecule has 0 fully saturated rings. The van der Waals surface area contributed by atoms with Crippen LogP contribution in [-0.4, -0.2) is 27.1 Å². The highest BCUT2D eigenvalue weighted by molar-refractivity contribution is 7.99. The fraction of sp³-hybridized carbons (Fsp3) is 0.600. The number of nitrogens with zero attached hydrogens (tertiary/aromatic N) is 2. The van der Waals surface area contributed by atoms with E-state index in [1.54, 1.807) is 16.4 Å². The molecule has 0 amide bonds. The molecular formula is C10H16N2OS. The van der Waals surface area contributed by atoms with Crippen LogP contribution in [0.5, 0.6) is 0 Å². The summed E-state index contributed by atoms with van der Waals surface area (Å²) >= 11 is 1.70. The minimum Gasteiger partial charge on any atom is -0.298 e. The van der Waals surface area contributed by atoms with Gasteiger partial charge in [-0.3, -0.25) is 9.48 Å². The second-order valence-corrected chi connectivity index (χ2v) is 4.35. The number of aryl methyl sites for hydroxylation is 1. The first-order chi connectivity index (χ1) is 6.72. The number of carbonyl (C=O) groups is 1. The molecule has 14 heavy (non-hydrogen) atoms. The first-order valence-electron chi connectivity index (χ1n) is 4.80. The average Bonchev–Trinajstić information content (AvgIpc) is 2.52. The van der Waals surface area contributed by atoms with Gasteiger partial charge in [0.05, 0.1) is 17.9 Å². The maximum atomic E-state index is 11.4. The normalized spacial score (nSPS) is 10.4. The number of ketones is 1. The highest BCUT2D eigenvalue weighted by Crippen LogP contribution is 2.04. The Morgan fingerprint density at radius 3 is 3.00 bits per heavy atom. The third-order valence-corrected chi connectivity index (χ3v) is 2.98. The molecule has 1 rings (SSSR count). The van der Waals surface area contributed by atoms with Gasteiger partial charge in [0.25, 0.3) is 0 Å². The van der Waals surface area contributed by atoms with Gasteiger partial charge in [-0.1, -0.05) is 6.92 Å². The fourth-order valence-electron chi connectivity index (χ4n) is 1.14. The lowest BCUT2D eigenvalue weighted by Crippen LogP contribution is -2.07. The van der Waals surface area contributed by atoms with Crippen molar-refractivity contribution in [2.75, 3.05) is 11.5 Å². The van der Waals surface area contributed by atoms with Gasteiger partial charge in [-0.05, 0) is 18.2 Å². The smallest absolute Gasteiger partial charge is 0.148 e. The van der Waals surface area contributed by atoms with Crippen LogP contribution < -0.4 is 0 Å². The molecule has 1 aromatic rings. The van der Waals surface area contributed by atoms with E-state index in [0.29, 0.717) is 12.2 Å². The number of carbonyl (C=O) groups excluding carboxylic acids is 1. The Morgan fingerprint density at radius 2 is 2.43 bits per heavy atom. The predicted molar refractivity (Wildman–Crippen MR) is 59.5 cm³/mol. The Hall–Kier alpha value is -0.770. The van der Waals surface area contributed by atoms with E-state index in [9.17, 15) is 4.79 Å². The summed E-state index contributed by atoms with van der Waals surface area (Å²) in [6.07, 6.45) is 3.46. The largest absolute Gasteiger partial charge is 0.298 e. The van der Waals surface area contributed by atoms with Crippen molar-refractivity contribution >= 4 is 17.5 Å². The van der Waals surface area contributed by atoms with Gasteiger partial charge in [0.15, 0.2) is 0 Å². The Kier molecular flexibility index (Phi) is 4.73. The van der Waals surface area contributed by atoms with Crippen LogP contribution in [0, 0.1) is 0 Å². The van der Waals surface area contributed by atoms with E-state index in [-0.39, 0.29) is 5.78 Å². The van der Waals surface area contributed by atoms with Gasteiger partial charge >= 0.3 is 0 Å². The van der Waals surface area contributed by atoms with Crippen molar-refractivity contribution in [2.24, 2.45) is 7.05 Å². The SMILES string of the molecule is CCCSCC(=O)Cc1ccn(C)n1. The Bertz CT molecular complexity index is 296. The van der Waals surface area contributed by atoms with Crippen molar-refractivity contribution in [3.63, 3.8) is 0 Å². The maximum absolute atomic E-state index is 11.4. The molecule has 0 aliphatic rings. The Balaban J connectivity index is 2.27. The minimum atomic E-state index is 0.266. The van der Waals surface area contributed by atoms with Gasteiger partial charge in [0.2, 0.25) is 0 Å². The molecule has 78 valence electrons. The standard InChI is InChI=1S/C10H16N2OS/c1-3-6-14-8-10(13)7-9-4-5-12(2)11-9/h4-5H,3,6-8H2,1-2H3. The van der Waals surface area contributed by atoms with Crippen molar-refractivity contribution < 1.29 is 4.79 Å². The van der Waals surface area contributed by atoms with Crippen molar-refractivity contribution in [3.8, 4) is 0 Å². The fourth-order valence-corrected chi connectivity index (χ4v) is 1.90. The Morgan fingerprint density at radius 1 is 1.64 bits per heavy atom. The molecule has 3 nitrogen and oxygen atoms in total. The van der Waals surface area contributed by atoms with Crippen LogP contribution in [0.15, 0.2) is 12.3 Å². The molecule has 1 heterocycles. The van der Waals surface area contributed by atoms with E-state index in [1.165, 1.54) is 0 Å². The maximum Gasteiger partial charge on any atom is 0.148 e. The third kappa shape index (κ3) is 3.96. The highest BCUT2D eigenvalue weighted by Gasteiger charge is 2.05. The second kappa shape index (κ2) is 5.86. The van der Waals surface area contributed by atoms with Crippen molar-refractivity contribution in [3.05, 3.63) is 18.0 Å². The van der Waals surface area contributed by atoms with Gasteiger partial charge in [-0.25, -0.2) is 0 Å². The molecule has 0 atom stereocenters. The first kappa shape index (κ1) is 11.3. The van der Waals surface area contributed by atoms with Crippen LogP contribution in [0.25, 0.3) is 0 Å². The van der Waals surface area contributed by atoms with E-state index in [0.717, 1.165) is 17.9 Å². The van der Waals surface area contributed by atoms with Gasteiger partial charge in [0.1, 0.15) is 5.78 Å². The Labute approximate surface area is 88.9 Å². The van der Waals surface area contributed by atoms with Crippen molar-refractivity contribution in [1.82, 2.24) is 9.78 Å². The first-order valence-corrected chi connectivity index (χ1v) is 5.95. The van der Waals surface area contributed by atoms with Crippen LogP contribution in [0.1, 0.15) is 19.0 Å². The summed E-state index contributed by atoms with van der Waals surface area (Å²) in [5.74, 6) is 1.94. The number of rotatable bonds is 6. The highest BCUT2D eigenvalue weighted by atomic mass is 32.2. The van der Waals surface area contributed by atoms with Gasteiger partial charge in [-0.15, -0.1) is 0 Å². The molecule has 0 saturated heterocycles. The summed E-state index contributed by atoms with van der Waals surface area (Å²) < 4.78 is 1.72. The zero-order valence-corrected chi connectivity index (χ0v) is 9.51. The van der Waals surface area contributed by atoms with Gasteiger partial charge in [-0.2, -0.15) is 16.9 Å². The lowest BCUT2D eigenvalue weighted by molar-refractivity contribution is -0.116. The molecule has 0 aliphatic carbocycles. The summed E-state index contributed by atoms with van der Waals surface area (Å²) in [5.41, 5.74) is 0.870. The van der Waals surface area contributed by atoms with E-state index in [1.807, 2.05) is 19.3 Å². The molecule has 1 aromatic heterocycles. The second-order valence-electron chi connectivity index (χ2n) is 3.25. The molecule has 0 unspecified atom stereocenters. The van der Waals surface area contributed by atoms with Crippen molar-refractivity contribution in [2.45, 2.75) is 19.8 Å². The predicted octanol–water partition coefficient (Wildman–Crippen LogP) is 1.67. The molecule has 0 bridgehead atoms. The van der Waals surface area contributed by atoms with Gasteiger partial charge in [0, 0.05) is 13.2 Å². The summed E-state index contributed by atoms with van der Waals surface area (Å²) in [6.45, 7) is 2.12. The lowest BCUT2D eigenvalue weighted by Gasteiger charge is -1.97. The number of Topliss-reactive ketones (excluding diaryl/α,β-unsaturated/α-hetero) is 1. The lowest BCUT2D eigenvalue weighted by atomic mass is 10.2. The van der Waals surface area contributed by atoms with Crippen LogP contribution in [-0.2, 0) is 18.3 Å². The van der Waals surface area contributed by atoms with Gasteiger partial charge < -0.3 is 0 Å². The molecule has 0 saturated carbocycles. The molecular weight excluding hydrogens is 196 g/mol. The summed E-state index contributed by atoms with van der Waals surface area (Å²) in [7, 11) is 1.86. The van der Waals surface area contributed by atoms with E-state index in [2.05, 4.69) is 12.0 Å². The average molecular weight is 212 g/mol. The quantitative estimate of drug-likeness (QED) is 0.673. The number of thioether (sulfide) groups is 1. The van der Waals surface area contributed by atoms with E-state index >= 15 is 0 Å². The van der Waals surface area contributed by atoms with E-state index < -0.39 is 0 Å². The molecule has 0 N–H and O–H groups in total. The number of aromatic nitrogens is 2. The zero-order valence-electron chi connectivity index (χ0n) is 8.69. The minimum absolute atomic E-state index is 0.266. The molecule has 0 aromatic carbocycles. The molecule has 0 aliphatic heterocycles. The van der Waals surface area contributed by atoms with Crippen LogP contribution in [0.4, 0.5) is 0 Å². The van der Waals surface area contributed by atoms with Crippen molar-refractivity contribution in [1.29, 1.82) is 0 Å². The topological polar surface area (TPSA) is 34.9 Å². The summed E-state index contributed by atoms with van der Waals surface area (Å²) in [5, 5.41) is 4.17. The number of hydrogen-bond acceptors (Lipinski definition) is 3. The summed E-state index contributed by atoms with van der Waals surface area (Å²) in [4.78, 5) is 11.4. The zero-order chi connectivity index (χ0) is 10.4. The molecule has 0 radical (unpaired) electrons. The molecule has 4 heteroatoms. The third-order valence-electron chi connectivity index (χ3n) is 1.76. The number of hydrogen-bond donors (Lipinski definition) is 0. The monoisotopic (exact) mass is 212 g/mol. The van der Waals surface area contributed by atoms with Crippen LogP contribution in [0.2, 0.25) is 0 Å². The molecule has 0 spiro atoms. The van der Waals surface area contributed by atoms with E-state index in [4.69, 9.17) is 0 Å². The summed E-state index contributed by atoms with van der Waals surface area (Å²) in [6, 6.07) is 1.89. The van der Waals surface area contributed by atoms with Crippen LogP contribution >= 0.6 is 11.8 Å².